The number of ether oxygens (including phenoxy) is 1. The van der Waals surface area contributed by atoms with Gasteiger partial charge in [-0.1, -0.05) is 77.6 Å². The molecule has 16 nitrogen and oxygen atoms in total. The number of anilines is 1. The first-order valence-corrected chi connectivity index (χ1v) is 18.9. The van der Waals surface area contributed by atoms with Gasteiger partial charge in [0.25, 0.3) is 5.91 Å². The van der Waals surface area contributed by atoms with Crippen LogP contribution in [0.15, 0.2) is 97.7 Å². The fourth-order valence-electron chi connectivity index (χ4n) is 5.38. The van der Waals surface area contributed by atoms with Crippen LogP contribution in [0.25, 0.3) is 0 Å². The second kappa shape index (κ2) is 15.6. The fourth-order valence-corrected chi connectivity index (χ4v) is 8.71. The van der Waals surface area contributed by atoms with Gasteiger partial charge >= 0.3 is 17.1 Å². The summed E-state index contributed by atoms with van der Waals surface area (Å²) in [6.45, 7) is 0. The van der Waals surface area contributed by atoms with Crippen molar-refractivity contribution in [3.63, 3.8) is 0 Å². The van der Waals surface area contributed by atoms with Crippen LogP contribution in [0.4, 0.5) is 5.13 Å². The molecule has 1 saturated heterocycles. The van der Waals surface area contributed by atoms with Crippen molar-refractivity contribution in [1.29, 1.82) is 0 Å². The zero-order chi connectivity index (χ0) is 37.1. The van der Waals surface area contributed by atoms with Gasteiger partial charge in [0.1, 0.15) is 17.5 Å². The number of amides is 3. The van der Waals surface area contributed by atoms with E-state index in [1.165, 1.54) is 29.1 Å². The van der Waals surface area contributed by atoms with Crippen LogP contribution < -0.4 is 21.8 Å². The van der Waals surface area contributed by atoms with Crippen molar-refractivity contribution in [3.05, 3.63) is 115 Å². The van der Waals surface area contributed by atoms with Crippen molar-refractivity contribution in [2.75, 3.05) is 5.32 Å². The van der Waals surface area contributed by atoms with E-state index >= 15 is 0 Å². The molecule has 53 heavy (non-hydrogen) atoms. The van der Waals surface area contributed by atoms with Gasteiger partial charge in [0.05, 0.1) is 22.4 Å². The smallest absolute Gasteiger partial charge is 0.355 e. The average Bonchev–Trinajstić information content (AvgIpc) is 3.89. The van der Waals surface area contributed by atoms with Gasteiger partial charge in [-0.3, -0.25) is 33.4 Å². The molecule has 2 fully saturated rings. The maximum atomic E-state index is 14.1. The first-order valence-electron chi connectivity index (χ1n) is 16.2. The summed E-state index contributed by atoms with van der Waals surface area (Å²) >= 11 is 3.33. The first-order chi connectivity index (χ1) is 25.7. The lowest BCUT2D eigenvalue weighted by Crippen LogP contribution is -2.56. The van der Waals surface area contributed by atoms with Gasteiger partial charge in [0.2, 0.25) is 12.3 Å². The molecule has 0 radical (unpaired) electrons. The molecule has 2 aromatic carbocycles. The molecule has 272 valence electrons. The lowest BCUT2D eigenvalue weighted by atomic mass is 10.0. The van der Waals surface area contributed by atoms with E-state index in [4.69, 9.17) is 9.57 Å². The molecule has 2 aromatic heterocycles. The molecular formula is C34H30N8O8S3. The minimum atomic E-state index is -0.978. The Morgan fingerprint density at radius 1 is 1.08 bits per heavy atom. The number of carbonyl (C=O) groups is 4. The Morgan fingerprint density at radius 2 is 1.77 bits per heavy atom. The Balaban J connectivity index is 1.24. The summed E-state index contributed by atoms with van der Waals surface area (Å²) in [5.41, 5.74) is -0.412. The Labute approximate surface area is 313 Å². The summed E-state index contributed by atoms with van der Waals surface area (Å²) < 4.78 is 7.18. The number of carbonyl (C=O) groups excluding carboxylic acids is 4. The molecule has 0 bridgehead atoms. The number of esters is 1. The van der Waals surface area contributed by atoms with E-state index in [9.17, 15) is 28.8 Å². The molecule has 7 rings (SSSR count). The number of rotatable bonds is 14. The van der Waals surface area contributed by atoms with Crippen LogP contribution in [0, 0.1) is 0 Å². The molecular weight excluding hydrogens is 745 g/mol. The quantitative estimate of drug-likeness (QED) is 0.0247. The number of nitrogens with one attached hydrogen (secondary N) is 3. The van der Waals surface area contributed by atoms with E-state index in [0.29, 0.717) is 6.41 Å². The molecule has 4 aromatic rings. The van der Waals surface area contributed by atoms with Crippen molar-refractivity contribution in [3.8, 4) is 0 Å². The average molecular weight is 775 g/mol. The van der Waals surface area contributed by atoms with Gasteiger partial charge in [0.15, 0.2) is 22.1 Å². The van der Waals surface area contributed by atoms with Crippen LogP contribution in [0.2, 0.25) is 0 Å². The lowest BCUT2D eigenvalue weighted by Gasteiger charge is -2.46. The number of hydrogen-bond donors (Lipinski definition) is 3. The SMILES string of the molecule is Cn1c(SC(NC(=O)/C(=N\OC2CC2)c2csc(NC=O)n2)C2C=C(C(=O)OC(c3ccccc3)c3ccccc3)N3C(=O)C[C@H]3S2)n[nH]c(=O)c1=O. The predicted octanol–water partition coefficient (Wildman–Crippen LogP) is 2.50. The summed E-state index contributed by atoms with van der Waals surface area (Å²) in [5, 5.41) is 15.4. The first kappa shape index (κ1) is 35.9. The third-order valence-electron chi connectivity index (χ3n) is 8.25. The van der Waals surface area contributed by atoms with Crippen LogP contribution in [-0.2, 0) is 35.8 Å². The molecule has 1 aliphatic carbocycles. The van der Waals surface area contributed by atoms with Crippen molar-refractivity contribution >= 4 is 69.9 Å². The highest BCUT2D eigenvalue weighted by atomic mass is 32.2. The third kappa shape index (κ3) is 7.96. The van der Waals surface area contributed by atoms with E-state index in [-0.39, 0.29) is 45.8 Å². The van der Waals surface area contributed by atoms with Gasteiger partial charge in [0, 0.05) is 12.4 Å². The lowest BCUT2D eigenvalue weighted by molar-refractivity contribution is -0.151. The molecule has 3 aliphatic rings. The molecule has 2 unspecified atom stereocenters. The molecule has 0 spiro atoms. The van der Waals surface area contributed by atoms with Crippen LogP contribution in [0.5, 0.6) is 0 Å². The maximum Gasteiger partial charge on any atom is 0.355 e. The fraction of sp³-hybridized carbons (Fsp3) is 0.265. The highest BCUT2D eigenvalue weighted by Crippen LogP contribution is 2.44. The van der Waals surface area contributed by atoms with Crippen molar-refractivity contribution < 1.29 is 28.8 Å². The zero-order valence-corrected chi connectivity index (χ0v) is 30.2. The number of benzene rings is 2. The van der Waals surface area contributed by atoms with Crippen LogP contribution in [0.1, 0.15) is 42.2 Å². The van der Waals surface area contributed by atoms with E-state index in [1.807, 2.05) is 60.7 Å². The number of β-lactam (4-membered cyclic amide) rings is 1. The monoisotopic (exact) mass is 774 g/mol. The zero-order valence-electron chi connectivity index (χ0n) is 27.7. The predicted molar refractivity (Wildman–Crippen MR) is 196 cm³/mol. The Morgan fingerprint density at radius 3 is 2.42 bits per heavy atom. The highest BCUT2D eigenvalue weighted by molar-refractivity contribution is 8.04. The summed E-state index contributed by atoms with van der Waals surface area (Å²) in [6, 6.07) is 18.4. The third-order valence-corrected chi connectivity index (χ3v) is 11.8. The minimum Gasteiger partial charge on any atom is -0.448 e. The number of aromatic amines is 1. The van der Waals surface area contributed by atoms with E-state index in [1.54, 1.807) is 6.08 Å². The molecule has 3 atom stereocenters. The molecule has 4 heterocycles. The van der Waals surface area contributed by atoms with Gasteiger partial charge in [-0.2, -0.15) is 0 Å². The molecule has 19 heteroatoms. The second-order valence-corrected chi connectivity index (χ2v) is 15.3. The second-order valence-electron chi connectivity index (χ2n) is 11.9. The highest BCUT2D eigenvalue weighted by Gasteiger charge is 2.48. The Bertz CT molecular complexity index is 2180. The molecule has 3 N–H and O–H groups in total. The maximum absolute atomic E-state index is 14.1. The van der Waals surface area contributed by atoms with Crippen molar-refractivity contribution in [2.24, 2.45) is 12.2 Å². The Hall–Kier alpha value is -5.53. The standard InChI is InChI=1S/C34H30N8O8S3/c1-41-31(47)29(46)38-39-34(41)53-30(37-28(45)26(40-50-20-12-13-20)21-16-51-33(36-21)35-17-43)23-14-22(42-24(44)15-25(42)52-23)32(48)49-27(18-8-4-2-5-9-18)19-10-6-3-7-11-19/h2-11,14,16-17,20,23,25,27,30H,12-13,15H2,1H3,(H,37,45)(H,38,46)(H,35,36,43)/b40-26-/t23?,25-,30?/m1/s1. The van der Waals surface area contributed by atoms with E-state index in [0.717, 1.165) is 51.6 Å². The number of thioether (sulfide) groups is 2. The van der Waals surface area contributed by atoms with Gasteiger partial charge < -0.3 is 20.2 Å². The van der Waals surface area contributed by atoms with Gasteiger partial charge in [-0.15, -0.1) is 28.2 Å². The summed E-state index contributed by atoms with van der Waals surface area (Å²) in [4.78, 5) is 88.0. The van der Waals surface area contributed by atoms with Crippen LogP contribution in [0.3, 0.4) is 0 Å². The Kier molecular flexibility index (Phi) is 10.6. The van der Waals surface area contributed by atoms with Crippen molar-refractivity contribution in [2.45, 2.75) is 52.6 Å². The largest absolute Gasteiger partial charge is 0.448 e. The van der Waals surface area contributed by atoms with E-state index in [2.05, 4.69) is 31.0 Å². The molecule has 3 amide bonds. The number of thiazole rings is 1. The number of H-pyrrole nitrogens is 1. The number of oxime groups is 1. The number of aromatic nitrogens is 4. The minimum absolute atomic E-state index is 0.00920. The van der Waals surface area contributed by atoms with Gasteiger partial charge in [-0.25, -0.2) is 14.9 Å². The van der Waals surface area contributed by atoms with Crippen LogP contribution in [-0.4, -0.2) is 76.7 Å². The summed E-state index contributed by atoms with van der Waals surface area (Å²) in [6.07, 6.45) is 2.72. The molecule has 1 saturated carbocycles. The number of fused-ring (bicyclic) bond motifs is 1. The van der Waals surface area contributed by atoms with E-state index < -0.39 is 45.1 Å². The summed E-state index contributed by atoms with van der Waals surface area (Å²) in [7, 11) is 1.37. The van der Waals surface area contributed by atoms with Crippen molar-refractivity contribution in [1.82, 2.24) is 30.0 Å². The topological polar surface area (TPSA) is 207 Å². The number of hydrogen-bond acceptors (Lipinski definition) is 14. The van der Waals surface area contributed by atoms with Crippen LogP contribution >= 0.6 is 34.9 Å². The number of nitrogens with zero attached hydrogens (tertiary/aromatic N) is 5. The molecule has 2 aliphatic heterocycles. The summed E-state index contributed by atoms with van der Waals surface area (Å²) in [5.74, 6) is -1.75. The van der Waals surface area contributed by atoms with Gasteiger partial charge in [-0.05, 0) is 30.0 Å². The normalized spacial score (nSPS) is 18.7.